The number of carbonyl (C=O) groups is 1. The van der Waals surface area contributed by atoms with Crippen LogP contribution in [0.1, 0.15) is 13.3 Å². The van der Waals surface area contributed by atoms with Gasteiger partial charge in [-0.2, -0.15) is 0 Å². The molecule has 7 nitrogen and oxygen atoms in total. The van der Waals surface area contributed by atoms with Crippen molar-refractivity contribution in [2.24, 2.45) is 5.14 Å². The highest BCUT2D eigenvalue weighted by Gasteiger charge is 2.16. The van der Waals surface area contributed by atoms with Crippen LogP contribution in [-0.2, 0) is 10.0 Å². The summed E-state index contributed by atoms with van der Waals surface area (Å²) in [5.41, 5.74) is 0.318. The van der Waals surface area contributed by atoms with Crippen molar-refractivity contribution in [3.63, 3.8) is 0 Å². The van der Waals surface area contributed by atoms with Gasteiger partial charge in [-0.15, -0.1) is 0 Å². The van der Waals surface area contributed by atoms with Gasteiger partial charge in [0.15, 0.2) is 0 Å². The van der Waals surface area contributed by atoms with Gasteiger partial charge in [0.1, 0.15) is 10.6 Å². The lowest BCUT2D eigenvalue weighted by Gasteiger charge is -2.10. The van der Waals surface area contributed by atoms with Crippen LogP contribution < -0.4 is 20.5 Å². The molecule has 0 spiro atoms. The van der Waals surface area contributed by atoms with Crippen LogP contribution in [0.15, 0.2) is 23.1 Å². The first-order chi connectivity index (χ1) is 8.88. The van der Waals surface area contributed by atoms with Crippen LogP contribution in [0.4, 0.5) is 10.5 Å². The van der Waals surface area contributed by atoms with Crippen LogP contribution in [0.25, 0.3) is 0 Å². The number of amides is 2. The lowest BCUT2D eigenvalue weighted by Crippen LogP contribution is -2.29. The number of sulfonamides is 1. The van der Waals surface area contributed by atoms with Gasteiger partial charge in [0.2, 0.25) is 10.0 Å². The highest BCUT2D eigenvalue weighted by atomic mass is 32.2. The van der Waals surface area contributed by atoms with Gasteiger partial charge in [-0.25, -0.2) is 18.4 Å². The molecule has 4 N–H and O–H groups in total. The Morgan fingerprint density at radius 3 is 2.63 bits per heavy atom. The van der Waals surface area contributed by atoms with Crippen molar-refractivity contribution >= 4 is 21.7 Å². The van der Waals surface area contributed by atoms with Crippen LogP contribution in [0.3, 0.4) is 0 Å². The minimum atomic E-state index is -3.92. The fraction of sp³-hybridized carbons (Fsp3) is 0.364. The maximum atomic E-state index is 11.5. The zero-order valence-electron chi connectivity index (χ0n) is 10.8. The quantitative estimate of drug-likeness (QED) is 0.746. The van der Waals surface area contributed by atoms with Crippen molar-refractivity contribution in [2.45, 2.75) is 18.2 Å². The van der Waals surface area contributed by atoms with E-state index < -0.39 is 16.1 Å². The number of nitrogens with one attached hydrogen (secondary N) is 2. The number of nitrogens with two attached hydrogens (primary N) is 1. The Balaban J connectivity index is 2.96. The van der Waals surface area contributed by atoms with Gasteiger partial charge in [0.25, 0.3) is 0 Å². The minimum absolute atomic E-state index is 0.127. The molecule has 2 amide bonds. The maximum Gasteiger partial charge on any atom is 0.319 e. The molecule has 0 aliphatic carbocycles. The smallest absolute Gasteiger partial charge is 0.319 e. The van der Waals surface area contributed by atoms with Gasteiger partial charge < -0.3 is 15.4 Å². The van der Waals surface area contributed by atoms with E-state index in [0.29, 0.717) is 12.2 Å². The molecule has 0 atom stereocenters. The molecule has 0 aromatic heterocycles. The SMILES string of the molecule is CCCNC(=O)Nc1ccc(OC)c(S(N)(=O)=O)c1. The van der Waals surface area contributed by atoms with Crippen LogP contribution >= 0.6 is 0 Å². The van der Waals surface area contributed by atoms with E-state index in [2.05, 4.69) is 10.6 Å². The molecule has 0 heterocycles. The molecule has 106 valence electrons. The Hall–Kier alpha value is -1.80. The molecule has 19 heavy (non-hydrogen) atoms. The molecule has 1 rings (SSSR count). The zero-order valence-corrected chi connectivity index (χ0v) is 11.6. The normalized spacial score (nSPS) is 10.9. The number of hydrogen-bond acceptors (Lipinski definition) is 4. The van der Waals surface area contributed by atoms with Crippen molar-refractivity contribution in [3.05, 3.63) is 18.2 Å². The van der Waals surface area contributed by atoms with Crippen molar-refractivity contribution in [2.75, 3.05) is 19.0 Å². The number of urea groups is 1. The van der Waals surface area contributed by atoms with Crippen molar-refractivity contribution in [1.29, 1.82) is 0 Å². The van der Waals surface area contributed by atoms with Crippen molar-refractivity contribution in [3.8, 4) is 5.75 Å². The lowest BCUT2D eigenvalue weighted by molar-refractivity contribution is 0.252. The average molecular weight is 287 g/mol. The molecule has 0 saturated heterocycles. The number of primary sulfonamides is 1. The van der Waals surface area contributed by atoms with E-state index in [4.69, 9.17) is 9.88 Å². The summed E-state index contributed by atoms with van der Waals surface area (Å²) in [7, 11) is -2.58. The van der Waals surface area contributed by atoms with Gasteiger partial charge in [-0.1, -0.05) is 6.92 Å². The fourth-order valence-electron chi connectivity index (χ4n) is 1.39. The van der Waals surface area contributed by atoms with Gasteiger partial charge >= 0.3 is 6.03 Å². The zero-order chi connectivity index (χ0) is 14.5. The summed E-state index contributed by atoms with van der Waals surface area (Å²) in [4.78, 5) is 11.3. The van der Waals surface area contributed by atoms with Crippen LogP contribution in [0.5, 0.6) is 5.75 Å². The van der Waals surface area contributed by atoms with Gasteiger partial charge in [-0.05, 0) is 24.6 Å². The summed E-state index contributed by atoms with van der Waals surface area (Å²) >= 11 is 0. The Labute approximate surface area is 112 Å². The summed E-state index contributed by atoms with van der Waals surface area (Å²) in [6, 6.07) is 3.79. The molecule has 0 saturated carbocycles. The molecule has 1 aromatic rings. The Kier molecular flexibility index (Phi) is 5.13. The van der Waals surface area contributed by atoms with Crippen molar-refractivity contribution < 1.29 is 17.9 Å². The van der Waals surface area contributed by atoms with Crippen LogP contribution in [-0.4, -0.2) is 28.1 Å². The maximum absolute atomic E-state index is 11.5. The first-order valence-corrected chi connectivity index (χ1v) is 7.18. The molecule has 0 bridgehead atoms. The third-order valence-electron chi connectivity index (χ3n) is 2.26. The number of methoxy groups -OCH3 is 1. The van der Waals surface area contributed by atoms with Gasteiger partial charge in [0, 0.05) is 12.2 Å². The van der Waals surface area contributed by atoms with E-state index >= 15 is 0 Å². The summed E-state index contributed by atoms with van der Waals surface area (Å²) in [5, 5.41) is 10.2. The third-order valence-corrected chi connectivity index (χ3v) is 3.20. The Morgan fingerprint density at radius 2 is 2.11 bits per heavy atom. The summed E-state index contributed by atoms with van der Waals surface area (Å²) in [5.74, 6) is 0.127. The molecule has 1 aromatic carbocycles. The van der Waals surface area contributed by atoms with Gasteiger partial charge in [-0.3, -0.25) is 0 Å². The molecule has 0 aliphatic rings. The van der Waals surface area contributed by atoms with E-state index in [1.54, 1.807) is 0 Å². The number of anilines is 1. The number of benzene rings is 1. The van der Waals surface area contributed by atoms with E-state index in [0.717, 1.165) is 6.42 Å². The predicted molar refractivity (Wildman–Crippen MR) is 71.7 cm³/mol. The second-order valence-corrected chi connectivity index (χ2v) is 5.32. The second-order valence-electron chi connectivity index (χ2n) is 3.79. The third kappa shape index (κ3) is 4.42. The molecule has 0 aliphatic heterocycles. The molecular formula is C11H17N3O4S. The summed E-state index contributed by atoms with van der Waals surface area (Å²) in [6.45, 7) is 2.46. The first kappa shape index (κ1) is 15.3. The van der Waals surface area contributed by atoms with Gasteiger partial charge in [0.05, 0.1) is 7.11 Å². The molecule has 8 heteroatoms. The number of ether oxygens (including phenoxy) is 1. The summed E-state index contributed by atoms with van der Waals surface area (Å²) in [6.07, 6.45) is 0.804. The topological polar surface area (TPSA) is 111 Å². The highest BCUT2D eigenvalue weighted by molar-refractivity contribution is 7.89. The molecular weight excluding hydrogens is 270 g/mol. The highest BCUT2D eigenvalue weighted by Crippen LogP contribution is 2.25. The van der Waals surface area contributed by atoms with Crippen molar-refractivity contribution in [1.82, 2.24) is 5.32 Å². The Morgan fingerprint density at radius 1 is 1.42 bits per heavy atom. The largest absolute Gasteiger partial charge is 0.495 e. The predicted octanol–water partition coefficient (Wildman–Crippen LogP) is 0.874. The second kappa shape index (κ2) is 6.39. The van der Waals surface area contributed by atoms with Crippen LogP contribution in [0, 0.1) is 0 Å². The van der Waals surface area contributed by atoms with E-state index in [-0.39, 0.29) is 10.6 Å². The number of hydrogen-bond donors (Lipinski definition) is 3. The lowest BCUT2D eigenvalue weighted by atomic mass is 10.3. The average Bonchev–Trinajstić information content (AvgIpc) is 2.35. The number of carbonyl (C=O) groups excluding carboxylic acids is 1. The van der Waals surface area contributed by atoms with E-state index in [1.807, 2.05) is 6.92 Å². The Bertz CT molecular complexity index is 557. The fourth-order valence-corrected chi connectivity index (χ4v) is 2.11. The summed E-state index contributed by atoms with van der Waals surface area (Å²) < 4.78 is 27.7. The van der Waals surface area contributed by atoms with E-state index in [9.17, 15) is 13.2 Å². The van der Waals surface area contributed by atoms with E-state index in [1.165, 1.54) is 25.3 Å². The monoisotopic (exact) mass is 287 g/mol. The minimum Gasteiger partial charge on any atom is -0.495 e. The standard InChI is InChI=1S/C11H17N3O4S/c1-3-6-13-11(15)14-8-4-5-9(18-2)10(7-8)19(12,16)17/h4-5,7H,3,6H2,1-2H3,(H2,12,16,17)(H2,13,14,15). The molecule has 0 fully saturated rings. The molecule has 0 radical (unpaired) electrons. The molecule has 0 unspecified atom stereocenters. The number of rotatable bonds is 5. The van der Waals surface area contributed by atoms with Crippen LogP contribution in [0.2, 0.25) is 0 Å². The first-order valence-electron chi connectivity index (χ1n) is 5.64.